The average Bonchev–Trinajstić information content (AvgIpc) is 1.47. The molecule has 4 rings (SSSR count). The molecule has 89 heavy (non-hydrogen) atoms. The fourth-order valence-electron chi connectivity index (χ4n) is 12.7. The van der Waals surface area contributed by atoms with E-state index in [4.69, 9.17) is 14.2 Å². The number of unbranched alkanes of at least 4 members (excludes halogenated alkanes) is 3. The predicted octanol–water partition coefficient (Wildman–Crippen LogP) is 19.3. The quantitative estimate of drug-likeness (QED) is 0.0265. The lowest BCUT2D eigenvalue weighted by Crippen LogP contribution is -2.66. The molecule has 0 aromatic heterocycles. The molecule has 0 bridgehead atoms. The molecule has 2 saturated carbocycles. The van der Waals surface area contributed by atoms with Crippen molar-refractivity contribution in [3.8, 4) is 0 Å². The van der Waals surface area contributed by atoms with E-state index in [2.05, 4.69) is 203 Å². The number of allylic oxidation sites excluding steroid dienone is 30. The molecule has 0 unspecified atom stereocenters. The molecule has 4 aliphatic rings. The van der Waals surface area contributed by atoms with Crippen LogP contribution in [-0.4, -0.2) is 63.4 Å². The van der Waals surface area contributed by atoms with Gasteiger partial charge < -0.3 is 24.4 Å². The van der Waals surface area contributed by atoms with Gasteiger partial charge in [-0.1, -0.05) is 236 Å². The molecule has 0 radical (unpaired) electrons. The summed E-state index contributed by atoms with van der Waals surface area (Å²) in [7, 11) is 0. The van der Waals surface area contributed by atoms with Crippen LogP contribution in [0, 0.1) is 29.1 Å². The third-order valence-electron chi connectivity index (χ3n) is 17.4. The first-order valence-electron chi connectivity index (χ1n) is 33.9. The van der Waals surface area contributed by atoms with E-state index in [1.54, 1.807) is 19.9 Å². The molecule has 4 aliphatic carbocycles. The van der Waals surface area contributed by atoms with Crippen LogP contribution in [0.15, 0.2) is 206 Å². The standard InChI is InChI=1S/C80H112O9/c1-8-11-14-17-20-23-26-29-32-35-38-41-44-47-50-53-56-59-71(81)87-65-68-63-69-74-77(6,7)80(74,89-73(83)61-58-55-52-49-46-43-40-37-34-31-28-25-22-19-16-13-10-3)76(67(5)79(69,86)70-62-66(4)75(84)78(70,85)64-68)88-72(82)60-57-54-51-48-45-42-39-36-33-30-27-24-21-18-15-12-9-2/h11-16,20-25,29-34,38-43,47-52,62-63,67,69-70,74,76,85-86H,8-10,17-19,26-28,35-37,44-46,53-61,64-65H2,1-7H3/b14-11+,15-12+,16-13+,23-20+,24-21+,25-22+,32-29+,33-30+,34-31+,41-38+,42-39+,43-40+,50-47+,51-48+,52-49+/t67-,69+,70-,74-,76-,78-,79-,80-/m1/s1. The van der Waals surface area contributed by atoms with Crippen molar-refractivity contribution in [3.63, 3.8) is 0 Å². The van der Waals surface area contributed by atoms with Gasteiger partial charge >= 0.3 is 17.9 Å². The Balaban J connectivity index is 1.43. The number of hydrogen-bond donors (Lipinski definition) is 2. The number of carbonyl (C=O) groups excluding carboxylic acids is 4. The number of ketones is 1. The minimum Gasteiger partial charge on any atom is -0.461 e. The molecule has 2 fully saturated rings. The van der Waals surface area contributed by atoms with Crippen molar-refractivity contribution in [2.75, 3.05) is 6.61 Å². The number of ether oxygens (including phenoxy) is 3. The summed E-state index contributed by atoms with van der Waals surface area (Å²) in [4.78, 5) is 55.8. The molecule has 8 atom stereocenters. The normalized spacial score (nSPS) is 25.5. The van der Waals surface area contributed by atoms with Crippen molar-refractivity contribution in [1.82, 2.24) is 0 Å². The van der Waals surface area contributed by atoms with Crippen LogP contribution in [0.4, 0.5) is 0 Å². The van der Waals surface area contributed by atoms with Gasteiger partial charge in [-0.2, -0.15) is 0 Å². The van der Waals surface area contributed by atoms with Gasteiger partial charge in [-0.15, -0.1) is 0 Å². The zero-order valence-corrected chi connectivity index (χ0v) is 55.5. The number of rotatable bonds is 43. The zero-order valence-electron chi connectivity index (χ0n) is 55.5. The maximum atomic E-state index is 14.2. The molecule has 0 saturated heterocycles. The SMILES string of the molecule is CC/C=C/C/C=C/C/C=C/C/C=C/C/C=C/CCCC(=O)OCC1=C[C@H]2[C@@H]3C(C)(C)[C@]3(OC(=O)CCC/C=C/C/C=C/C/C=C/C/C=C/C/C=C/CC)[C@H](OC(=O)CCC/C=C/C/C=C/C/C=C/C/C=C/C/C=C/CC)[C@@H](C)[C@]2(O)[C@@H]2C=C(C)C(=O)[C@@]2(O)C1. The van der Waals surface area contributed by atoms with Gasteiger partial charge in [-0.25, -0.2) is 0 Å². The minimum atomic E-state index is -2.06. The lowest BCUT2D eigenvalue weighted by Gasteiger charge is -2.53. The number of carbonyl (C=O) groups is 4. The number of aliphatic hydroxyl groups is 2. The molecule has 2 N–H and O–H groups in total. The summed E-state index contributed by atoms with van der Waals surface area (Å²) in [5, 5.41) is 26.2. The number of fused-ring (bicyclic) bond motifs is 5. The van der Waals surface area contributed by atoms with Crippen LogP contribution >= 0.6 is 0 Å². The van der Waals surface area contributed by atoms with Gasteiger partial charge in [0.25, 0.3) is 0 Å². The van der Waals surface area contributed by atoms with E-state index < -0.39 is 75.7 Å². The van der Waals surface area contributed by atoms with E-state index in [0.717, 1.165) is 96.3 Å². The Morgan fingerprint density at radius 2 is 0.831 bits per heavy atom. The minimum absolute atomic E-state index is 0.102. The van der Waals surface area contributed by atoms with E-state index >= 15 is 0 Å². The molecule has 486 valence electrons. The van der Waals surface area contributed by atoms with Gasteiger partial charge in [0.05, 0.1) is 5.60 Å². The van der Waals surface area contributed by atoms with Gasteiger partial charge in [0.2, 0.25) is 0 Å². The summed E-state index contributed by atoms with van der Waals surface area (Å²) < 4.78 is 19.1. The summed E-state index contributed by atoms with van der Waals surface area (Å²) in [5.41, 5.74) is -5.27. The first-order chi connectivity index (χ1) is 43.2. The van der Waals surface area contributed by atoms with Crippen molar-refractivity contribution >= 4 is 23.7 Å². The Morgan fingerprint density at radius 3 is 1.20 bits per heavy atom. The monoisotopic (exact) mass is 1220 g/mol. The molecule has 0 aromatic carbocycles. The summed E-state index contributed by atoms with van der Waals surface area (Å²) in [5.74, 6) is -5.21. The molecule has 9 heteroatoms. The first kappa shape index (κ1) is 75.0. The van der Waals surface area contributed by atoms with Crippen LogP contribution in [0.3, 0.4) is 0 Å². The highest BCUT2D eigenvalue weighted by Crippen LogP contribution is 2.77. The molecule has 0 aliphatic heterocycles. The largest absolute Gasteiger partial charge is 0.461 e. The predicted molar refractivity (Wildman–Crippen MR) is 369 cm³/mol. The van der Waals surface area contributed by atoms with Crippen LogP contribution in [0.2, 0.25) is 0 Å². The maximum absolute atomic E-state index is 14.2. The van der Waals surface area contributed by atoms with Gasteiger partial charge in [0, 0.05) is 54.8 Å². The van der Waals surface area contributed by atoms with E-state index in [1.165, 1.54) is 0 Å². The molecule has 0 heterocycles. The second kappa shape index (κ2) is 42.5. The molecule has 9 nitrogen and oxygen atoms in total. The third kappa shape index (κ3) is 24.7. The fraction of sp³-hybridized carbons (Fsp3) is 0.525. The number of Topliss-reactive ketones (excluding diaryl/α,β-unsaturated/α-hetero) is 1. The summed E-state index contributed by atoms with van der Waals surface area (Å²) in [6, 6.07) is 0. The maximum Gasteiger partial charge on any atom is 0.306 e. The van der Waals surface area contributed by atoms with Crippen LogP contribution in [0.25, 0.3) is 0 Å². The van der Waals surface area contributed by atoms with Crippen molar-refractivity contribution in [2.45, 2.75) is 232 Å². The Hall–Kier alpha value is -6.42. The fourth-order valence-corrected chi connectivity index (χ4v) is 12.7. The highest BCUT2D eigenvalue weighted by molar-refractivity contribution is 6.05. The molecular weight excluding hydrogens is 1100 g/mol. The van der Waals surface area contributed by atoms with Crippen LogP contribution in [0.5, 0.6) is 0 Å². The molecular formula is C80H112O9. The second-order valence-electron chi connectivity index (χ2n) is 24.6. The first-order valence-corrected chi connectivity index (χ1v) is 33.9. The highest BCUT2D eigenvalue weighted by Gasteiger charge is 2.88. The van der Waals surface area contributed by atoms with Crippen LogP contribution in [-0.2, 0) is 33.4 Å². The van der Waals surface area contributed by atoms with Gasteiger partial charge in [-0.3, -0.25) is 19.2 Å². The van der Waals surface area contributed by atoms with Crippen molar-refractivity contribution in [1.29, 1.82) is 0 Å². The lowest BCUT2D eigenvalue weighted by molar-refractivity contribution is -0.229. The number of hydrogen-bond acceptors (Lipinski definition) is 9. The zero-order chi connectivity index (χ0) is 64.5. The smallest absolute Gasteiger partial charge is 0.306 e. The topological polar surface area (TPSA) is 136 Å². The Morgan fingerprint density at radius 1 is 0.494 bits per heavy atom. The molecule has 0 spiro atoms. The lowest BCUT2D eigenvalue weighted by atomic mass is 9.59. The van der Waals surface area contributed by atoms with E-state index in [-0.39, 0.29) is 32.3 Å². The van der Waals surface area contributed by atoms with Crippen molar-refractivity contribution in [3.05, 3.63) is 206 Å². The second-order valence-corrected chi connectivity index (χ2v) is 24.6. The summed E-state index contributed by atoms with van der Waals surface area (Å²) in [6.45, 7) is 13.6. The third-order valence-corrected chi connectivity index (χ3v) is 17.4. The van der Waals surface area contributed by atoms with Crippen LogP contribution < -0.4 is 0 Å². The van der Waals surface area contributed by atoms with E-state index in [0.29, 0.717) is 49.7 Å². The van der Waals surface area contributed by atoms with Gasteiger partial charge in [-0.05, 0) is 153 Å². The summed E-state index contributed by atoms with van der Waals surface area (Å²) in [6.07, 6.45) is 84.8. The van der Waals surface area contributed by atoms with Gasteiger partial charge in [0.15, 0.2) is 11.4 Å². The Bertz CT molecular complexity index is 2700. The molecule has 0 aromatic rings. The Labute approximate surface area is 537 Å². The van der Waals surface area contributed by atoms with Crippen molar-refractivity contribution in [2.24, 2.45) is 29.1 Å². The van der Waals surface area contributed by atoms with E-state index in [9.17, 15) is 29.4 Å². The average molecular weight is 1220 g/mol. The van der Waals surface area contributed by atoms with Crippen molar-refractivity contribution < 1.29 is 43.6 Å². The van der Waals surface area contributed by atoms with Gasteiger partial charge in [0.1, 0.15) is 18.3 Å². The Kier molecular flexibility index (Phi) is 35.9. The van der Waals surface area contributed by atoms with Crippen LogP contribution in [0.1, 0.15) is 209 Å². The van der Waals surface area contributed by atoms with E-state index in [1.807, 2.05) is 19.9 Å². The number of esters is 3. The highest BCUT2D eigenvalue weighted by atomic mass is 16.6. The summed E-state index contributed by atoms with van der Waals surface area (Å²) >= 11 is 0. The molecule has 0 amide bonds.